The Morgan fingerprint density at radius 2 is 1.21 bits per heavy atom. The van der Waals surface area contributed by atoms with Crippen LogP contribution in [0, 0.1) is 5.25 Å². The summed E-state index contributed by atoms with van der Waals surface area (Å²) >= 11 is 5.61. The Bertz CT molecular complexity index is 726. The quantitative estimate of drug-likeness (QED) is 0.278. The Morgan fingerprint density at radius 1 is 0.793 bits per heavy atom. The van der Waals surface area contributed by atoms with Crippen LogP contribution in [0.3, 0.4) is 0 Å². The van der Waals surface area contributed by atoms with E-state index in [9.17, 15) is 30.3 Å². The topological polar surface area (TPSA) is 121 Å². The summed E-state index contributed by atoms with van der Waals surface area (Å²) in [4.78, 5) is 14.0. The first kappa shape index (κ1) is 26.2. The molecule has 1 aliphatic carbocycles. The van der Waals surface area contributed by atoms with Gasteiger partial charge in [0.05, 0.1) is 19.4 Å². The summed E-state index contributed by atoms with van der Waals surface area (Å²) in [6.07, 6.45) is 1.64. The number of aliphatic hydroxyl groups is 4. The molecule has 0 aromatic heterocycles. The number of hydrogen-bond acceptors (Lipinski definition) is 10. The molecule has 3 rings (SSSR count). The van der Waals surface area contributed by atoms with E-state index in [1.807, 2.05) is 0 Å². The second-order valence-electron chi connectivity index (χ2n) is 6.58. The standard InChI is InChI=1S/C18H23O6S4.Na/c1-10-12-14(27-17(25-12,2-6-19)3-7-20)11(16(23)24)15-13(10)26-18(28-15,4-8-21)5-9-22;/h19-22H,1-9H2,(H,23,24);/q;+1/p-1. The Morgan fingerprint density at radius 3 is 1.66 bits per heavy atom. The molecule has 0 atom stereocenters. The number of allylic oxidation sites excluding steroid dienone is 1. The van der Waals surface area contributed by atoms with Crippen LogP contribution < -0.4 is 34.7 Å². The van der Waals surface area contributed by atoms with Gasteiger partial charge >= 0.3 is 29.6 Å². The Hall–Kier alpha value is 0.930. The average Bonchev–Trinajstić information content (AvgIpc) is 3.16. The van der Waals surface area contributed by atoms with E-state index in [2.05, 4.69) is 6.58 Å². The molecule has 3 aliphatic rings. The number of carboxylic acid groups (broad SMARTS) is 1. The third-order valence-corrected chi connectivity index (χ3v) is 11.7. The largest absolute Gasteiger partial charge is 1.00 e. The van der Waals surface area contributed by atoms with E-state index in [4.69, 9.17) is 0 Å². The maximum Gasteiger partial charge on any atom is 1.00 e. The molecule has 0 saturated carbocycles. The van der Waals surface area contributed by atoms with Crippen LogP contribution in [0.2, 0.25) is 0 Å². The summed E-state index contributed by atoms with van der Waals surface area (Å²) in [5.74, 6) is -1.28. The van der Waals surface area contributed by atoms with Gasteiger partial charge in [0.25, 0.3) is 0 Å². The van der Waals surface area contributed by atoms with Gasteiger partial charge in [-0.15, -0.1) is 47.0 Å². The molecule has 2 heterocycles. The molecular weight excluding hydrogens is 463 g/mol. The van der Waals surface area contributed by atoms with Crippen LogP contribution in [0.1, 0.15) is 25.7 Å². The van der Waals surface area contributed by atoms with E-state index < -0.39 is 14.1 Å². The molecule has 2 aliphatic heterocycles. The Labute approximate surface area is 209 Å². The zero-order chi connectivity index (χ0) is 20.5. The van der Waals surface area contributed by atoms with Crippen molar-refractivity contribution in [1.29, 1.82) is 0 Å². The van der Waals surface area contributed by atoms with E-state index >= 15 is 0 Å². The summed E-state index contributed by atoms with van der Waals surface area (Å²) in [5.41, 5.74) is 0.836. The second kappa shape index (κ2) is 10.7. The third kappa shape index (κ3) is 4.98. The molecule has 0 aromatic rings. The second-order valence-corrected chi connectivity index (χ2v) is 12.7. The van der Waals surface area contributed by atoms with Gasteiger partial charge in [0, 0.05) is 46.7 Å². The van der Waals surface area contributed by atoms with Crippen molar-refractivity contribution in [1.82, 2.24) is 0 Å². The fraction of sp³-hybridized carbons (Fsp3) is 0.556. The fourth-order valence-electron chi connectivity index (χ4n) is 3.43. The molecule has 1 saturated heterocycles. The third-order valence-electron chi connectivity index (χ3n) is 4.74. The van der Waals surface area contributed by atoms with Crippen molar-refractivity contribution in [2.45, 2.75) is 33.8 Å². The van der Waals surface area contributed by atoms with Crippen molar-refractivity contribution in [2.24, 2.45) is 0 Å². The van der Waals surface area contributed by atoms with Gasteiger partial charge in [0.1, 0.15) is 0 Å². The first-order valence-corrected chi connectivity index (χ1v) is 12.1. The number of fused-ring (bicyclic) bond motifs is 1. The number of aliphatic carboxylic acids is 1. The van der Waals surface area contributed by atoms with Crippen LogP contribution in [-0.2, 0) is 4.79 Å². The summed E-state index contributed by atoms with van der Waals surface area (Å²) in [6.45, 7) is 3.93. The zero-order valence-electron chi connectivity index (χ0n) is 16.1. The minimum atomic E-state index is -1.28. The van der Waals surface area contributed by atoms with Crippen molar-refractivity contribution in [3.63, 3.8) is 0 Å². The molecule has 1 radical (unpaired) electrons. The van der Waals surface area contributed by atoms with Gasteiger partial charge in [-0.05, 0) is 31.3 Å². The molecule has 0 aromatic carbocycles. The number of carboxylic acids is 1. The summed E-state index contributed by atoms with van der Waals surface area (Å²) in [6, 6.07) is 0. The molecule has 6 nitrogen and oxygen atoms in total. The maximum absolute atomic E-state index is 12.1. The van der Waals surface area contributed by atoms with E-state index in [0.717, 1.165) is 15.7 Å². The van der Waals surface area contributed by atoms with Crippen LogP contribution in [-0.4, -0.2) is 61.0 Å². The molecule has 1 fully saturated rings. The van der Waals surface area contributed by atoms with Crippen molar-refractivity contribution >= 4 is 53.0 Å². The maximum atomic E-state index is 12.1. The van der Waals surface area contributed by atoms with Gasteiger partial charge in [-0.3, -0.25) is 0 Å². The molecule has 4 N–H and O–H groups in total. The molecule has 11 heteroatoms. The smallest absolute Gasteiger partial charge is 0.545 e. The minimum absolute atomic E-state index is 0. The van der Waals surface area contributed by atoms with Gasteiger partial charge in [0.15, 0.2) is 0 Å². The number of aliphatic hydroxyl groups excluding tert-OH is 4. The SMILES string of the molecule is C=C1[C]2SC(CCO)(CCO)SC2=C(C(=O)[O-])C2=C1SC(CCO)(CCO)S2.[Na+]. The van der Waals surface area contributed by atoms with E-state index in [1.165, 1.54) is 47.0 Å². The summed E-state index contributed by atoms with van der Waals surface area (Å²) in [5, 5.41) is 50.8. The number of carbonyl (C=O) groups is 1. The number of rotatable bonds is 9. The van der Waals surface area contributed by atoms with Gasteiger partial charge in [-0.2, -0.15) is 0 Å². The molecule has 0 amide bonds. The number of carbonyl (C=O) groups excluding carboxylic acids is 1. The zero-order valence-corrected chi connectivity index (χ0v) is 21.4. The van der Waals surface area contributed by atoms with Gasteiger partial charge in [0.2, 0.25) is 0 Å². The summed E-state index contributed by atoms with van der Waals surface area (Å²) in [7, 11) is 0. The van der Waals surface area contributed by atoms with E-state index in [0.29, 0.717) is 35.5 Å². The van der Waals surface area contributed by atoms with Crippen molar-refractivity contribution in [2.75, 3.05) is 26.4 Å². The monoisotopic (exact) mass is 485 g/mol. The minimum Gasteiger partial charge on any atom is -0.545 e. The Kier molecular flexibility index (Phi) is 9.66. The van der Waals surface area contributed by atoms with E-state index in [-0.39, 0.29) is 61.6 Å². The van der Waals surface area contributed by atoms with Crippen molar-refractivity contribution in [3.8, 4) is 0 Å². The van der Waals surface area contributed by atoms with Crippen LogP contribution in [0.25, 0.3) is 0 Å². The van der Waals surface area contributed by atoms with Crippen LogP contribution in [0.4, 0.5) is 0 Å². The number of thioether (sulfide) groups is 4. The molecule has 155 valence electrons. The predicted molar refractivity (Wildman–Crippen MR) is 114 cm³/mol. The predicted octanol–water partition coefficient (Wildman–Crippen LogP) is -1.81. The van der Waals surface area contributed by atoms with Crippen molar-refractivity contribution < 1.29 is 59.9 Å². The summed E-state index contributed by atoms with van der Waals surface area (Å²) < 4.78 is -1.08. The van der Waals surface area contributed by atoms with Gasteiger partial charge in [-0.1, -0.05) is 6.58 Å². The molecule has 0 unspecified atom stereocenters. The molecular formula is C18H22NaO6S4. The van der Waals surface area contributed by atoms with E-state index in [1.54, 1.807) is 0 Å². The molecule has 0 spiro atoms. The number of hydrogen-bond donors (Lipinski definition) is 4. The molecule has 0 bridgehead atoms. The van der Waals surface area contributed by atoms with Gasteiger partial charge < -0.3 is 30.3 Å². The van der Waals surface area contributed by atoms with Crippen LogP contribution >= 0.6 is 47.0 Å². The first-order valence-electron chi connectivity index (χ1n) is 8.82. The van der Waals surface area contributed by atoms with Crippen LogP contribution in [0.15, 0.2) is 32.4 Å². The fourth-order valence-corrected chi connectivity index (χ4v) is 10.3. The Balaban J connectivity index is 0.00000300. The van der Waals surface area contributed by atoms with Crippen LogP contribution in [0.5, 0.6) is 0 Å². The normalized spacial score (nSPS) is 22.6. The molecule has 29 heavy (non-hydrogen) atoms. The van der Waals surface area contributed by atoms with Gasteiger partial charge in [-0.25, -0.2) is 0 Å². The average molecular weight is 486 g/mol. The van der Waals surface area contributed by atoms with Crippen molar-refractivity contribution in [3.05, 3.63) is 37.7 Å². The first-order chi connectivity index (χ1) is 13.4.